The van der Waals surface area contributed by atoms with E-state index in [-0.39, 0.29) is 0 Å². The van der Waals surface area contributed by atoms with Crippen LogP contribution >= 0.6 is 0 Å². The van der Waals surface area contributed by atoms with Crippen LogP contribution in [0.2, 0.25) is 0 Å². The Balaban J connectivity index is 1.90. The van der Waals surface area contributed by atoms with Crippen LogP contribution in [0.3, 0.4) is 0 Å². The molecule has 0 N–H and O–H groups in total. The van der Waals surface area contributed by atoms with Gasteiger partial charge in [-0.1, -0.05) is 30.3 Å². The summed E-state index contributed by atoms with van der Waals surface area (Å²) >= 11 is 0. The van der Waals surface area contributed by atoms with E-state index in [1.807, 2.05) is 12.4 Å². The van der Waals surface area contributed by atoms with Gasteiger partial charge in [0.05, 0.1) is 18.3 Å². The van der Waals surface area contributed by atoms with Gasteiger partial charge in [-0.15, -0.1) is 0 Å². The highest BCUT2D eigenvalue weighted by Gasteiger charge is 2.29. The lowest BCUT2D eigenvalue weighted by Gasteiger charge is -2.10. The van der Waals surface area contributed by atoms with E-state index in [1.54, 1.807) is 12.5 Å². The van der Waals surface area contributed by atoms with Crippen LogP contribution in [0.25, 0.3) is 16.8 Å². The van der Waals surface area contributed by atoms with Gasteiger partial charge in [-0.3, -0.25) is 0 Å². The van der Waals surface area contributed by atoms with Crippen molar-refractivity contribution in [3.8, 4) is 11.3 Å². The standard InChI is InChI=1S/C19H17N4/c1-13-5-3-4-6-14(13)19-16-8-7-15(17-9-10-20-11-21-17)18(16)22-12-23(19)2/h3-7,9-12H,8H2,1-2H3/q+1. The maximum absolute atomic E-state index is 4.67. The lowest BCUT2D eigenvalue weighted by Crippen LogP contribution is -2.33. The van der Waals surface area contributed by atoms with Gasteiger partial charge < -0.3 is 0 Å². The van der Waals surface area contributed by atoms with E-state index in [0.29, 0.717) is 0 Å². The molecule has 0 fully saturated rings. The fourth-order valence-corrected chi connectivity index (χ4v) is 3.20. The molecule has 2 heterocycles. The Hall–Kier alpha value is -2.88. The molecular weight excluding hydrogens is 284 g/mol. The van der Waals surface area contributed by atoms with E-state index < -0.39 is 0 Å². The van der Waals surface area contributed by atoms with Crippen molar-refractivity contribution in [1.82, 2.24) is 15.0 Å². The van der Waals surface area contributed by atoms with Gasteiger partial charge in [0.1, 0.15) is 12.0 Å². The number of benzene rings is 1. The van der Waals surface area contributed by atoms with Crippen LogP contribution in [0, 0.1) is 6.92 Å². The third kappa shape index (κ3) is 2.23. The van der Waals surface area contributed by atoms with Gasteiger partial charge in [0.15, 0.2) is 5.69 Å². The lowest BCUT2D eigenvalue weighted by molar-refractivity contribution is -0.663. The van der Waals surface area contributed by atoms with Gasteiger partial charge in [-0.25, -0.2) is 14.5 Å². The first-order valence-electron chi connectivity index (χ1n) is 7.66. The van der Waals surface area contributed by atoms with Gasteiger partial charge in [0, 0.05) is 23.8 Å². The van der Waals surface area contributed by atoms with Gasteiger partial charge in [0.2, 0.25) is 0 Å². The molecule has 0 unspecified atom stereocenters. The van der Waals surface area contributed by atoms with Crippen LogP contribution in [-0.4, -0.2) is 15.0 Å². The van der Waals surface area contributed by atoms with E-state index in [9.17, 15) is 0 Å². The predicted molar refractivity (Wildman–Crippen MR) is 88.4 cm³/mol. The molecule has 0 amide bonds. The quantitative estimate of drug-likeness (QED) is 0.683. The highest BCUT2D eigenvalue weighted by atomic mass is 15.0. The highest BCUT2D eigenvalue weighted by molar-refractivity contribution is 5.84. The minimum atomic E-state index is 0.875. The average Bonchev–Trinajstić information content (AvgIpc) is 3.00. The molecule has 0 radical (unpaired) electrons. The van der Waals surface area contributed by atoms with E-state index >= 15 is 0 Å². The summed E-state index contributed by atoms with van der Waals surface area (Å²) in [7, 11) is 2.05. The second kappa shape index (κ2) is 5.39. The zero-order chi connectivity index (χ0) is 15.8. The molecule has 0 saturated heterocycles. The predicted octanol–water partition coefficient (Wildman–Crippen LogP) is 2.66. The van der Waals surface area contributed by atoms with Crippen molar-refractivity contribution in [3.63, 3.8) is 0 Å². The van der Waals surface area contributed by atoms with Gasteiger partial charge in [-0.05, 0) is 23.5 Å². The van der Waals surface area contributed by atoms with Crippen molar-refractivity contribution in [1.29, 1.82) is 0 Å². The Kier molecular flexibility index (Phi) is 3.23. The van der Waals surface area contributed by atoms with Crippen LogP contribution < -0.4 is 4.57 Å². The second-order valence-corrected chi connectivity index (χ2v) is 5.76. The van der Waals surface area contributed by atoms with Gasteiger partial charge in [0.25, 0.3) is 6.33 Å². The molecule has 0 saturated carbocycles. The molecule has 3 aromatic rings. The molecule has 23 heavy (non-hydrogen) atoms. The first kappa shape index (κ1) is 13.8. The molecule has 4 nitrogen and oxygen atoms in total. The Bertz CT molecular complexity index is 914. The zero-order valence-electron chi connectivity index (χ0n) is 13.2. The molecule has 0 atom stereocenters. The van der Waals surface area contributed by atoms with E-state index in [2.05, 4.69) is 63.8 Å². The Morgan fingerprint density at radius 3 is 2.74 bits per heavy atom. The van der Waals surface area contributed by atoms with Crippen molar-refractivity contribution in [2.45, 2.75) is 13.3 Å². The number of nitrogens with zero attached hydrogens (tertiary/aromatic N) is 4. The highest BCUT2D eigenvalue weighted by Crippen LogP contribution is 2.35. The molecular formula is C19H17N4+. The molecule has 0 aliphatic heterocycles. The number of rotatable bonds is 2. The van der Waals surface area contributed by atoms with Crippen molar-refractivity contribution < 1.29 is 4.57 Å². The summed E-state index contributed by atoms with van der Waals surface area (Å²) in [5, 5.41) is 0. The monoisotopic (exact) mass is 301 g/mol. The largest absolute Gasteiger partial charge is 0.287 e. The summed E-state index contributed by atoms with van der Waals surface area (Å²) in [4.78, 5) is 13.0. The number of aromatic nitrogens is 4. The summed E-state index contributed by atoms with van der Waals surface area (Å²) in [6, 6.07) is 10.4. The van der Waals surface area contributed by atoms with Crippen LogP contribution in [0.5, 0.6) is 0 Å². The lowest BCUT2D eigenvalue weighted by atomic mass is 9.99. The Labute approximate surface area is 135 Å². The maximum Gasteiger partial charge on any atom is 0.287 e. The van der Waals surface area contributed by atoms with E-state index in [1.165, 1.54) is 22.4 Å². The van der Waals surface area contributed by atoms with Gasteiger partial charge >= 0.3 is 0 Å². The molecule has 0 bridgehead atoms. The molecule has 2 aromatic heterocycles. The van der Waals surface area contributed by atoms with Crippen LogP contribution in [0.15, 0.2) is 55.3 Å². The van der Waals surface area contributed by atoms with E-state index in [4.69, 9.17) is 0 Å². The second-order valence-electron chi connectivity index (χ2n) is 5.76. The number of allylic oxidation sites excluding steroid dienone is 1. The SMILES string of the molecule is Cc1ccccc1-c1c2c(nc[n+]1C)C(c1ccncn1)=CC2. The minimum absolute atomic E-state index is 0.875. The zero-order valence-corrected chi connectivity index (χ0v) is 13.2. The summed E-state index contributed by atoms with van der Waals surface area (Å²) in [6.07, 6.45) is 8.33. The van der Waals surface area contributed by atoms with Crippen molar-refractivity contribution in [2.24, 2.45) is 7.05 Å². The van der Waals surface area contributed by atoms with E-state index in [0.717, 1.165) is 23.4 Å². The number of hydrogen-bond donors (Lipinski definition) is 0. The molecule has 112 valence electrons. The van der Waals surface area contributed by atoms with Crippen molar-refractivity contribution in [2.75, 3.05) is 0 Å². The Morgan fingerprint density at radius 2 is 1.96 bits per heavy atom. The van der Waals surface area contributed by atoms with Crippen molar-refractivity contribution in [3.05, 3.63) is 77.8 Å². The summed E-state index contributed by atoms with van der Waals surface area (Å²) in [5.74, 6) is 0. The molecule has 1 aliphatic carbocycles. The molecule has 1 aliphatic rings. The molecule has 1 aromatic carbocycles. The number of fused-ring (bicyclic) bond motifs is 1. The molecule has 0 spiro atoms. The smallest absolute Gasteiger partial charge is 0.245 e. The number of hydrogen-bond acceptors (Lipinski definition) is 3. The first-order valence-corrected chi connectivity index (χ1v) is 7.66. The van der Waals surface area contributed by atoms with Gasteiger partial charge in [-0.2, -0.15) is 0 Å². The third-order valence-electron chi connectivity index (χ3n) is 4.31. The number of aryl methyl sites for hydroxylation is 2. The fraction of sp³-hybridized carbons (Fsp3) is 0.158. The normalized spacial score (nSPS) is 12.9. The third-order valence-corrected chi connectivity index (χ3v) is 4.31. The van der Waals surface area contributed by atoms with Crippen LogP contribution in [0.1, 0.15) is 22.5 Å². The Morgan fingerprint density at radius 1 is 1.09 bits per heavy atom. The minimum Gasteiger partial charge on any atom is -0.245 e. The molecule has 4 heteroatoms. The topological polar surface area (TPSA) is 42.5 Å². The summed E-state index contributed by atoms with van der Waals surface area (Å²) in [6.45, 7) is 2.15. The summed E-state index contributed by atoms with van der Waals surface area (Å²) in [5.41, 5.74) is 8.07. The first-order chi connectivity index (χ1) is 11.3. The molecule has 4 rings (SSSR count). The van der Waals surface area contributed by atoms with Crippen LogP contribution in [-0.2, 0) is 13.5 Å². The summed E-state index contributed by atoms with van der Waals surface area (Å²) < 4.78 is 2.11. The average molecular weight is 301 g/mol. The van der Waals surface area contributed by atoms with Crippen LogP contribution in [0.4, 0.5) is 0 Å². The fourth-order valence-electron chi connectivity index (χ4n) is 3.20. The van der Waals surface area contributed by atoms with Crippen molar-refractivity contribution >= 4 is 5.57 Å². The maximum atomic E-state index is 4.67.